The molecule has 3 heterocycles. The van der Waals surface area contributed by atoms with Gasteiger partial charge in [-0.1, -0.05) is 6.92 Å². The first-order chi connectivity index (χ1) is 8.75. The maximum absolute atomic E-state index is 3.52. The number of hydrogen-bond acceptors (Lipinski definition) is 3. The van der Waals surface area contributed by atoms with Crippen molar-refractivity contribution in [2.45, 2.75) is 45.1 Å². The first-order valence-electron chi connectivity index (χ1n) is 7.92. The van der Waals surface area contributed by atoms with Crippen molar-refractivity contribution < 1.29 is 0 Å². The van der Waals surface area contributed by atoms with Gasteiger partial charge in [-0.2, -0.15) is 0 Å². The predicted octanol–water partition coefficient (Wildman–Crippen LogP) is 1.97. The molecule has 0 aromatic carbocycles. The molecule has 0 saturated carbocycles. The molecule has 1 N–H and O–H groups in total. The minimum absolute atomic E-state index is 0. The first-order valence-corrected chi connectivity index (χ1v) is 7.92. The second-order valence-corrected chi connectivity index (χ2v) is 6.99. The van der Waals surface area contributed by atoms with Crippen LogP contribution in [-0.2, 0) is 0 Å². The SMILES string of the molecule is CC1(CN2CCC(N3CCCC3)CC2)CCNC1.Cl. The van der Waals surface area contributed by atoms with Crippen LogP contribution in [0.1, 0.15) is 39.0 Å². The highest BCUT2D eigenvalue weighted by atomic mass is 35.5. The van der Waals surface area contributed by atoms with Crippen LogP contribution in [0.25, 0.3) is 0 Å². The van der Waals surface area contributed by atoms with E-state index in [0.29, 0.717) is 5.41 Å². The largest absolute Gasteiger partial charge is 0.316 e. The molecule has 19 heavy (non-hydrogen) atoms. The fraction of sp³-hybridized carbons (Fsp3) is 1.00. The standard InChI is InChI=1S/C15H29N3.ClH/c1-15(6-7-16-12-15)13-17-10-4-14(5-11-17)18-8-2-3-9-18;/h14,16H,2-13H2,1H3;1H. The van der Waals surface area contributed by atoms with Gasteiger partial charge in [0.1, 0.15) is 0 Å². The van der Waals surface area contributed by atoms with Crippen LogP contribution in [0.3, 0.4) is 0 Å². The molecule has 3 saturated heterocycles. The van der Waals surface area contributed by atoms with Crippen LogP contribution in [0.15, 0.2) is 0 Å². The highest BCUT2D eigenvalue weighted by Crippen LogP contribution is 2.28. The number of hydrogen-bond donors (Lipinski definition) is 1. The molecule has 4 heteroatoms. The van der Waals surface area contributed by atoms with E-state index in [9.17, 15) is 0 Å². The van der Waals surface area contributed by atoms with Crippen molar-refractivity contribution in [1.29, 1.82) is 0 Å². The van der Waals surface area contributed by atoms with Crippen LogP contribution in [0.2, 0.25) is 0 Å². The van der Waals surface area contributed by atoms with Crippen molar-refractivity contribution >= 4 is 12.4 Å². The number of nitrogens with one attached hydrogen (secondary N) is 1. The van der Waals surface area contributed by atoms with Gasteiger partial charge in [0.15, 0.2) is 0 Å². The quantitative estimate of drug-likeness (QED) is 0.856. The molecule has 3 fully saturated rings. The molecule has 112 valence electrons. The molecular formula is C15H30ClN3. The van der Waals surface area contributed by atoms with E-state index in [4.69, 9.17) is 0 Å². The van der Waals surface area contributed by atoms with Crippen molar-refractivity contribution in [2.24, 2.45) is 5.41 Å². The maximum atomic E-state index is 3.52. The van der Waals surface area contributed by atoms with E-state index in [1.807, 2.05) is 0 Å². The number of nitrogens with zero attached hydrogens (tertiary/aromatic N) is 2. The maximum Gasteiger partial charge on any atom is 0.0120 e. The molecule has 3 rings (SSSR count). The lowest BCUT2D eigenvalue weighted by Gasteiger charge is -2.39. The lowest BCUT2D eigenvalue weighted by Crippen LogP contribution is -2.47. The Morgan fingerprint density at radius 1 is 1.11 bits per heavy atom. The molecule has 0 amide bonds. The topological polar surface area (TPSA) is 18.5 Å². The summed E-state index contributed by atoms with van der Waals surface area (Å²) in [4.78, 5) is 5.47. The zero-order valence-corrected chi connectivity index (χ0v) is 13.2. The lowest BCUT2D eigenvalue weighted by molar-refractivity contribution is 0.0970. The summed E-state index contributed by atoms with van der Waals surface area (Å²) in [6.07, 6.45) is 7.04. The van der Waals surface area contributed by atoms with E-state index in [-0.39, 0.29) is 12.4 Å². The Balaban J connectivity index is 0.00000133. The molecule has 1 atom stereocenters. The second kappa shape index (κ2) is 6.75. The van der Waals surface area contributed by atoms with Crippen molar-refractivity contribution in [3.8, 4) is 0 Å². The molecule has 3 aliphatic heterocycles. The number of likely N-dealkylation sites (tertiary alicyclic amines) is 2. The van der Waals surface area contributed by atoms with Crippen LogP contribution >= 0.6 is 12.4 Å². The summed E-state index contributed by atoms with van der Waals surface area (Å²) >= 11 is 0. The van der Waals surface area contributed by atoms with Gasteiger partial charge < -0.3 is 15.1 Å². The summed E-state index contributed by atoms with van der Waals surface area (Å²) in [5.74, 6) is 0. The van der Waals surface area contributed by atoms with Crippen molar-refractivity contribution in [1.82, 2.24) is 15.1 Å². The van der Waals surface area contributed by atoms with E-state index in [1.165, 1.54) is 77.9 Å². The van der Waals surface area contributed by atoms with Crippen LogP contribution in [-0.4, -0.2) is 61.7 Å². The molecule has 0 aliphatic carbocycles. The Hall–Kier alpha value is 0.170. The van der Waals surface area contributed by atoms with Gasteiger partial charge in [0.05, 0.1) is 0 Å². The van der Waals surface area contributed by atoms with Gasteiger partial charge >= 0.3 is 0 Å². The smallest absolute Gasteiger partial charge is 0.0120 e. The van der Waals surface area contributed by atoms with Gasteiger partial charge in [0.2, 0.25) is 0 Å². The number of rotatable bonds is 3. The van der Waals surface area contributed by atoms with E-state index in [0.717, 1.165) is 6.04 Å². The predicted molar refractivity (Wildman–Crippen MR) is 83.1 cm³/mol. The molecule has 3 nitrogen and oxygen atoms in total. The molecule has 0 aromatic rings. The average Bonchev–Trinajstić information content (AvgIpc) is 3.02. The number of halogens is 1. The summed E-state index contributed by atoms with van der Waals surface area (Å²) in [5.41, 5.74) is 0.542. The molecule has 1 unspecified atom stereocenters. The van der Waals surface area contributed by atoms with E-state index >= 15 is 0 Å². The van der Waals surface area contributed by atoms with Crippen LogP contribution < -0.4 is 5.32 Å². The highest BCUT2D eigenvalue weighted by Gasteiger charge is 2.33. The summed E-state index contributed by atoms with van der Waals surface area (Å²) in [7, 11) is 0. The van der Waals surface area contributed by atoms with E-state index in [2.05, 4.69) is 22.0 Å². The van der Waals surface area contributed by atoms with Gasteiger partial charge in [-0.25, -0.2) is 0 Å². The zero-order valence-electron chi connectivity index (χ0n) is 12.4. The fourth-order valence-electron chi connectivity index (χ4n) is 4.09. The van der Waals surface area contributed by atoms with E-state index < -0.39 is 0 Å². The van der Waals surface area contributed by atoms with E-state index in [1.54, 1.807) is 0 Å². The van der Waals surface area contributed by atoms with Gasteiger partial charge in [-0.05, 0) is 70.2 Å². The summed E-state index contributed by atoms with van der Waals surface area (Å²) in [6, 6.07) is 0.901. The summed E-state index contributed by atoms with van der Waals surface area (Å²) in [5, 5.41) is 3.52. The molecule has 0 radical (unpaired) electrons. The van der Waals surface area contributed by atoms with Gasteiger partial charge in [-0.15, -0.1) is 12.4 Å². The molecule has 0 spiro atoms. The highest BCUT2D eigenvalue weighted by molar-refractivity contribution is 5.85. The molecule has 0 aromatic heterocycles. The molecular weight excluding hydrogens is 258 g/mol. The third-order valence-electron chi connectivity index (χ3n) is 5.28. The van der Waals surface area contributed by atoms with Gasteiger partial charge in [0, 0.05) is 19.1 Å². The summed E-state index contributed by atoms with van der Waals surface area (Å²) in [6.45, 7) is 11.6. The van der Waals surface area contributed by atoms with Crippen molar-refractivity contribution in [3.63, 3.8) is 0 Å². The third-order valence-corrected chi connectivity index (χ3v) is 5.28. The molecule has 0 bridgehead atoms. The Morgan fingerprint density at radius 3 is 2.37 bits per heavy atom. The minimum atomic E-state index is 0. The Bertz CT molecular complexity index is 265. The second-order valence-electron chi connectivity index (χ2n) is 6.99. The third kappa shape index (κ3) is 3.84. The van der Waals surface area contributed by atoms with Crippen LogP contribution in [0.5, 0.6) is 0 Å². The summed E-state index contributed by atoms with van der Waals surface area (Å²) < 4.78 is 0. The Labute approximate surface area is 124 Å². The van der Waals surface area contributed by atoms with Gasteiger partial charge in [0.25, 0.3) is 0 Å². The minimum Gasteiger partial charge on any atom is -0.316 e. The normalized spacial score (nSPS) is 34.6. The monoisotopic (exact) mass is 287 g/mol. The number of piperidine rings is 1. The van der Waals surface area contributed by atoms with Gasteiger partial charge in [-0.3, -0.25) is 0 Å². The van der Waals surface area contributed by atoms with Crippen molar-refractivity contribution in [2.75, 3.05) is 45.8 Å². The van der Waals surface area contributed by atoms with Crippen LogP contribution in [0, 0.1) is 5.41 Å². The fourth-order valence-corrected chi connectivity index (χ4v) is 4.09. The van der Waals surface area contributed by atoms with Crippen LogP contribution in [0.4, 0.5) is 0 Å². The first kappa shape index (κ1) is 15.6. The van der Waals surface area contributed by atoms with Crippen molar-refractivity contribution in [3.05, 3.63) is 0 Å². The zero-order chi connectivity index (χ0) is 12.4. The lowest BCUT2D eigenvalue weighted by atomic mass is 9.88. The molecule has 3 aliphatic rings. The Kier molecular flexibility index (Phi) is 5.53. The average molecular weight is 288 g/mol. The Morgan fingerprint density at radius 2 is 1.79 bits per heavy atom.